The van der Waals surface area contributed by atoms with Crippen LogP contribution in [0.2, 0.25) is 0 Å². The molecule has 0 aliphatic heterocycles. The molecule has 0 aliphatic carbocycles. The molecular weight excluding hydrogens is 274 g/mol. The third kappa shape index (κ3) is 5.41. The Kier molecular flexibility index (Phi) is 7.21. The number of nitro benzene ring substituents is 1. The highest BCUT2D eigenvalue weighted by Gasteiger charge is 2.18. The van der Waals surface area contributed by atoms with Crippen LogP contribution in [0.5, 0.6) is 5.75 Å². The molecule has 0 N–H and O–H groups in total. The Morgan fingerprint density at radius 1 is 1.24 bits per heavy atom. The van der Waals surface area contributed by atoms with Crippen molar-refractivity contribution in [3.63, 3.8) is 0 Å². The normalized spacial score (nSPS) is 10.2. The number of methoxy groups -OCH3 is 1. The van der Waals surface area contributed by atoms with Gasteiger partial charge in [0.05, 0.1) is 18.6 Å². The predicted octanol–water partition coefficient (Wildman–Crippen LogP) is 3.73. The van der Waals surface area contributed by atoms with E-state index in [0.29, 0.717) is 12.4 Å². The number of rotatable bonds is 9. The third-order valence-electron chi connectivity index (χ3n) is 3.08. The molecule has 21 heavy (non-hydrogen) atoms. The lowest BCUT2D eigenvalue weighted by molar-refractivity contribution is -0.384. The molecule has 6 heteroatoms. The van der Waals surface area contributed by atoms with E-state index in [-0.39, 0.29) is 11.3 Å². The average Bonchev–Trinajstić information content (AvgIpc) is 2.49. The summed E-state index contributed by atoms with van der Waals surface area (Å²) in [6, 6.07) is 3.94. The van der Waals surface area contributed by atoms with Crippen LogP contribution in [-0.2, 0) is 4.74 Å². The van der Waals surface area contributed by atoms with Gasteiger partial charge < -0.3 is 9.47 Å². The molecule has 0 bridgehead atoms. The van der Waals surface area contributed by atoms with Crippen molar-refractivity contribution >= 4 is 11.7 Å². The first-order valence-electron chi connectivity index (χ1n) is 7.09. The minimum Gasteiger partial charge on any atom is -0.493 e. The predicted molar refractivity (Wildman–Crippen MR) is 78.7 cm³/mol. The van der Waals surface area contributed by atoms with E-state index in [1.54, 1.807) is 0 Å². The molecule has 6 nitrogen and oxygen atoms in total. The Bertz CT molecular complexity index is 487. The van der Waals surface area contributed by atoms with Gasteiger partial charge in [0, 0.05) is 12.1 Å². The Morgan fingerprint density at radius 2 is 1.95 bits per heavy atom. The van der Waals surface area contributed by atoms with Gasteiger partial charge in [-0.2, -0.15) is 0 Å². The molecular formula is C15H21NO5. The number of nitro groups is 1. The van der Waals surface area contributed by atoms with Crippen LogP contribution in [0.25, 0.3) is 0 Å². The fourth-order valence-corrected chi connectivity index (χ4v) is 1.91. The van der Waals surface area contributed by atoms with E-state index in [1.807, 2.05) is 0 Å². The molecule has 0 saturated heterocycles. The summed E-state index contributed by atoms with van der Waals surface area (Å²) in [4.78, 5) is 21.9. The molecule has 0 aliphatic rings. The third-order valence-corrected chi connectivity index (χ3v) is 3.08. The molecule has 0 heterocycles. The minimum atomic E-state index is -0.639. The number of hydrogen-bond acceptors (Lipinski definition) is 5. The summed E-state index contributed by atoms with van der Waals surface area (Å²) in [7, 11) is 1.23. The van der Waals surface area contributed by atoms with E-state index in [1.165, 1.54) is 38.2 Å². The fourth-order valence-electron chi connectivity index (χ4n) is 1.91. The van der Waals surface area contributed by atoms with Crippen molar-refractivity contribution in [1.82, 2.24) is 0 Å². The summed E-state index contributed by atoms with van der Waals surface area (Å²) in [5.41, 5.74) is -0.0778. The van der Waals surface area contributed by atoms with E-state index < -0.39 is 10.9 Å². The van der Waals surface area contributed by atoms with Crippen molar-refractivity contribution < 1.29 is 19.2 Å². The highest BCUT2D eigenvalue weighted by atomic mass is 16.6. The Balaban J connectivity index is 2.67. The number of benzene rings is 1. The molecule has 0 spiro atoms. The smallest absolute Gasteiger partial charge is 0.341 e. The topological polar surface area (TPSA) is 78.7 Å². The van der Waals surface area contributed by atoms with Gasteiger partial charge in [0.15, 0.2) is 0 Å². The quantitative estimate of drug-likeness (QED) is 0.300. The number of hydrogen-bond donors (Lipinski definition) is 0. The molecule has 116 valence electrons. The molecule has 0 unspecified atom stereocenters. The zero-order valence-corrected chi connectivity index (χ0v) is 12.5. The van der Waals surface area contributed by atoms with Gasteiger partial charge >= 0.3 is 5.97 Å². The highest BCUT2D eigenvalue weighted by Crippen LogP contribution is 2.25. The molecule has 1 aromatic rings. The summed E-state index contributed by atoms with van der Waals surface area (Å²) >= 11 is 0. The van der Waals surface area contributed by atoms with Gasteiger partial charge in [-0.05, 0) is 12.5 Å². The van der Waals surface area contributed by atoms with Gasteiger partial charge in [-0.3, -0.25) is 10.1 Å². The maximum absolute atomic E-state index is 11.7. The van der Waals surface area contributed by atoms with Crippen LogP contribution in [-0.4, -0.2) is 24.6 Å². The summed E-state index contributed by atoms with van der Waals surface area (Å²) in [5, 5.41) is 10.7. The van der Waals surface area contributed by atoms with E-state index in [2.05, 4.69) is 11.7 Å². The number of non-ortho nitro benzene ring substituents is 1. The first-order chi connectivity index (χ1) is 10.1. The fraction of sp³-hybridized carbons (Fsp3) is 0.533. The first-order valence-corrected chi connectivity index (χ1v) is 7.09. The van der Waals surface area contributed by atoms with Crippen molar-refractivity contribution in [1.29, 1.82) is 0 Å². The number of carbonyl (C=O) groups is 1. The molecule has 0 atom stereocenters. The zero-order valence-electron chi connectivity index (χ0n) is 12.5. The van der Waals surface area contributed by atoms with Crippen LogP contribution < -0.4 is 4.74 Å². The first kappa shape index (κ1) is 16.9. The summed E-state index contributed by atoms with van der Waals surface area (Å²) in [6.45, 7) is 2.63. The van der Waals surface area contributed by atoms with E-state index in [4.69, 9.17) is 4.74 Å². The van der Waals surface area contributed by atoms with Crippen LogP contribution in [0.3, 0.4) is 0 Å². The van der Waals surface area contributed by atoms with Gasteiger partial charge in [0.1, 0.15) is 11.3 Å². The Hall–Kier alpha value is -2.11. The van der Waals surface area contributed by atoms with Gasteiger partial charge in [0.2, 0.25) is 0 Å². The maximum atomic E-state index is 11.7. The number of esters is 1. The summed E-state index contributed by atoms with van der Waals surface area (Å²) in [5.74, 6) is -0.317. The van der Waals surface area contributed by atoms with Crippen molar-refractivity contribution in [2.45, 2.75) is 39.0 Å². The monoisotopic (exact) mass is 295 g/mol. The second-order valence-corrected chi connectivity index (χ2v) is 4.69. The summed E-state index contributed by atoms with van der Waals surface area (Å²) in [6.07, 6.45) is 5.48. The molecule has 1 aromatic carbocycles. The average molecular weight is 295 g/mol. The second kappa shape index (κ2) is 8.94. The number of carbonyl (C=O) groups excluding carboxylic acids is 1. The standard InChI is InChI=1S/C15H21NO5/c1-3-4-5-6-7-10-21-14-9-8-12(16(18)19)11-13(14)15(17)20-2/h8-9,11H,3-7,10H2,1-2H3. The van der Waals surface area contributed by atoms with Crippen molar-refractivity contribution in [3.8, 4) is 5.75 Å². The molecule has 1 rings (SSSR count). The maximum Gasteiger partial charge on any atom is 0.341 e. The van der Waals surface area contributed by atoms with Gasteiger partial charge in [0.25, 0.3) is 5.69 Å². The molecule has 0 fully saturated rings. The summed E-state index contributed by atoms with van der Waals surface area (Å²) < 4.78 is 10.2. The number of nitrogens with zero attached hydrogens (tertiary/aromatic N) is 1. The molecule has 0 saturated carbocycles. The Labute approximate surface area is 124 Å². The van der Waals surface area contributed by atoms with Gasteiger partial charge in [-0.1, -0.05) is 32.6 Å². The highest BCUT2D eigenvalue weighted by molar-refractivity contribution is 5.93. The van der Waals surface area contributed by atoms with Crippen molar-refractivity contribution in [2.75, 3.05) is 13.7 Å². The van der Waals surface area contributed by atoms with E-state index in [0.717, 1.165) is 19.3 Å². The molecule has 0 radical (unpaired) electrons. The number of unbranched alkanes of at least 4 members (excludes halogenated alkanes) is 4. The SMILES string of the molecule is CCCCCCCOc1ccc([N+](=O)[O-])cc1C(=O)OC. The minimum absolute atomic E-state index is 0.0836. The molecule has 0 amide bonds. The Morgan fingerprint density at radius 3 is 2.57 bits per heavy atom. The lowest BCUT2D eigenvalue weighted by Crippen LogP contribution is -2.07. The van der Waals surface area contributed by atoms with Crippen LogP contribution >= 0.6 is 0 Å². The lowest BCUT2D eigenvalue weighted by Gasteiger charge is -2.10. The van der Waals surface area contributed by atoms with Gasteiger partial charge in [-0.25, -0.2) is 4.79 Å². The van der Waals surface area contributed by atoms with Crippen LogP contribution in [0.4, 0.5) is 5.69 Å². The van der Waals surface area contributed by atoms with E-state index in [9.17, 15) is 14.9 Å². The van der Waals surface area contributed by atoms with E-state index >= 15 is 0 Å². The molecule has 0 aromatic heterocycles. The second-order valence-electron chi connectivity index (χ2n) is 4.69. The number of ether oxygens (including phenoxy) is 2. The zero-order chi connectivity index (χ0) is 15.7. The van der Waals surface area contributed by atoms with Crippen molar-refractivity contribution in [2.24, 2.45) is 0 Å². The van der Waals surface area contributed by atoms with Crippen LogP contribution in [0.15, 0.2) is 18.2 Å². The van der Waals surface area contributed by atoms with Crippen LogP contribution in [0, 0.1) is 10.1 Å². The van der Waals surface area contributed by atoms with Crippen molar-refractivity contribution in [3.05, 3.63) is 33.9 Å². The largest absolute Gasteiger partial charge is 0.493 e. The van der Waals surface area contributed by atoms with Crippen LogP contribution in [0.1, 0.15) is 49.4 Å². The van der Waals surface area contributed by atoms with Gasteiger partial charge in [-0.15, -0.1) is 0 Å². The lowest BCUT2D eigenvalue weighted by atomic mass is 10.1.